The second-order valence-electron chi connectivity index (χ2n) is 7.97. The molecular formula is C19H24F2N4O4. The number of ether oxygens (including phenoxy) is 1. The van der Waals surface area contributed by atoms with E-state index in [0.717, 1.165) is 17.0 Å². The van der Waals surface area contributed by atoms with Crippen LogP contribution in [0.2, 0.25) is 0 Å². The second-order valence-corrected chi connectivity index (χ2v) is 7.97. The number of anilines is 2. The van der Waals surface area contributed by atoms with Gasteiger partial charge in [-0.3, -0.25) is 15.0 Å². The molecule has 2 aliphatic rings. The topological polar surface area (TPSA) is 82.2 Å². The Morgan fingerprint density at radius 3 is 2.14 bits per heavy atom. The first-order valence-corrected chi connectivity index (χ1v) is 9.38. The summed E-state index contributed by atoms with van der Waals surface area (Å²) in [5, 5.41) is 2.05. The van der Waals surface area contributed by atoms with Gasteiger partial charge in [0, 0.05) is 44.8 Å². The van der Waals surface area contributed by atoms with Gasteiger partial charge < -0.3 is 14.5 Å². The first kappa shape index (κ1) is 20.8. The summed E-state index contributed by atoms with van der Waals surface area (Å²) < 4.78 is 34.6. The van der Waals surface area contributed by atoms with E-state index < -0.39 is 41.0 Å². The Balaban J connectivity index is 1.69. The van der Waals surface area contributed by atoms with Gasteiger partial charge in [-0.15, -0.1) is 0 Å². The zero-order valence-electron chi connectivity index (χ0n) is 16.6. The number of nitrogens with zero attached hydrogens (tertiary/aromatic N) is 3. The summed E-state index contributed by atoms with van der Waals surface area (Å²) in [7, 11) is 0. The molecule has 2 saturated heterocycles. The lowest BCUT2D eigenvalue weighted by atomic mass is 10.2. The monoisotopic (exact) mass is 410 g/mol. The first-order valence-electron chi connectivity index (χ1n) is 9.38. The van der Waals surface area contributed by atoms with Crippen molar-refractivity contribution in [3.05, 3.63) is 23.8 Å². The molecule has 4 amide bonds. The predicted molar refractivity (Wildman–Crippen MR) is 102 cm³/mol. The van der Waals surface area contributed by atoms with E-state index in [1.165, 1.54) is 0 Å². The third-order valence-corrected chi connectivity index (χ3v) is 4.62. The van der Waals surface area contributed by atoms with Gasteiger partial charge in [-0.1, -0.05) is 0 Å². The minimum Gasteiger partial charge on any atom is -0.444 e. The number of benzene rings is 1. The standard InChI is InChI=1S/C19H24F2N4O4/c1-19(2,3)29-18(28)24-8-6-23(7-9-24)12-10-13(20)16(14(21)11-12)25-5-4-15(26)22-17(25)27/h10-11H,4-9H2,1-3H3,(H,22,26,27). The molecule has 0 radical (unpaired) electrons. The third kappa shape index (κ3) is 4.75. The van der Waals surface area contributed by atoms with E-state index >= 15 is 0 Å². The molecular weight excluding hydrogens is 386 g/mol. The third-order valence-electron chi connectivity index (χ3n) is 4.62. The van der Waals surface area contributed by atoms with Crippen LogP contribution in [-0.4, -0.2) is 61.3 Å². The van der Waals surface area contributed by atoms with Crippen LogP contribution in [0.5, 0.6) is 0 Å². The SMILES string of the molecule is CC(C)(C)OC(=O)N1CCN(c2cc(F)c(N3CCC(=O)NC3=O)c(F)c2)CC1. The fraction of sp³-hybridized carbons (Fsp3) is 0.526. The molecule has 2 fully saturated rings. The van der Waals surface area contributed by atoms with Crippen molar-refractivity contribution in [2.24, 2.45) is 0 Å². The van der Waals surface area contributed by atoms with E-state index in [1.54, 1.807) is 30.6 Å². The molecule has 8 nitrogen and oxygen atoms in total. The summed E-state index contributed by atoms with van der Waals surface area (Å²) in [6, 6.07) is 1.47. The molecule has 29 heavy (non-hydrogen) atoms. The summed E-state index contributed by atoms with van der Waals surface area (Å²) in [5.74, 6) is -2.26. The fourth-order valence-electron chi connectivity index (χ4n) is 3.24. The molecule has 0 unspecified atom stereocenters. The number of carbonyl (C=O) groups excluding carboxylic acids is 3. The molecule has 1 aromatic carbocycles. The van der Waals surface area contributed by atoms with E-state index in [9.17, 15) is 23.2 Å². The van der Waals surface area contributed by atoms with Gasteiger partial charge in [0.15, 0.2) is 11.6 Å². The van der Waals surface area contributed by atoms with Crippen molar-refractivity contribution in [1.82, 2.24) is 10.2 Å². The number of amides is 4. The zero-order valence-corrected chi connectivity index (χ0v) is 16.6. The number of piperazine rings is 1. The van der Waals surface area contributed by atoms with Gasteiger partial charge >= 0.3 is 12.1 Å². The Morgan fingerprint density at radius 1 is 1.03 bits per heavy atom. The van der Waals surface area contributed by atoms with E-state index in [1.807, 2.05) is 5.32 Å². The molecule has 1 aromatic rings. The lowest BCUT2D eigenvalue weighted by molar-refractivity contribution is -0.120. The van der Waals surface area contributed by atoms with Crippen LogP contribution in [0.4, 0.5) is 29.7 Å². The van der Waals surface area contributed by atoms with Crippen molar-refractivity contribution in [1.29, 1.82) is 0 Å². The van der Waals surface area contributed by atoms with Gasteiger partial charge in [-0.05, 0) is 32.9 Å². The summed E-state index contributed by atoms with van der Waals surface area (Å²) in [4.78, 5) is 39.5. The maximum Gasteiger partial charge on any atom is 0.410 e. The van der Waals surface area contributed by atoms with Crippen molar-refractivity contribution in [2.45, 2.75) is 32.8 Å². The number of carbonyl (C=O) groups is 3. The average Bonchev–Trinajstić information content (AvgIpc) is 2.61. The molecule has 0 spiro atoms. The summed E-state index contributed by atoms with van der Waals surface area (Å²) in [6.45, 7) is 6.75. The second kappa shape index (κ2) is 7.84. The van der Waals surface area contributed by atoms with Crippen LogP contribution in [-0.2, 0) is 9.53 Å². The molecule has 0 bridgehead atoms. The van der Waals surface area contributed by atoms with Crippen molar-refractivity contribution in [3.8, 4) is 0 Å². The normalized spacial score (nSPS) is 18.0. The summed E-state index contributed by atoms with van der Waals surface area (Å²) >= 11 is 0. The minimum atomic E-state index is -0.890. The number of rotatable bonds is 2. The highest BCUT2D eigenvalue weighted by atomic mass is 19.1. The molecule has 0 atom stereocenters. The van der Waals surface area contributed by atoms with Crippen LogP contribution in [0, 0.1) is 11.6 Å². The lowest BCUT2D eigenvalue weighted by Crippen LogP contribution is -2.50. The van der Waals surface area contributed by atoms with Crippen LogP contribution >= 0.6 is 0 Å². The first-order chi connectivity index (χ1) is 13.5. The molecule has 2 aliphatic heterocycles. The summed E-state index contributed by atoms with van der Waals surface area (Å²) in [5.41, 5.74) is -0.756. The zero-order chi connectivity index (χ0) is 21.3. The van der Waals surface area contributed by atoms with Gasteiger partial charge in [0.1, 0.15) is 11.3 Å². The van der Waals surface area contributed by atoms with Crippen molar-refractivity contribution in [3.63, 3.8) is 0 Å². The number of hydrogen-bond donors (Lipinski definition) is 1. The minimum absolute atomic E-state index is 0.0288. The van der Waals surface area contributed by atoms with Gasteiger partial charge in [0.2, 0.25) is 5.91 Å². The Morgan fingerprint density at radius 2 is 1.62 bits per heavy atom. The summed E-state index contributed by atoms with van der Waals surface area (Å²) in [6.07, 6.45) is -0.450. The van der Waals surface area contributed by atoms with E-state index in [4.69, 9.17) is 4.74 Å². The van der Waals surface area contributed by atoms with Crippen LogP contribution in [0.3, 0.4) is 0 Å². The fourth-order valence-corrected chi connectivity index (χ4v) is 3.24. The highest BCUT2D eigenvalue weighted by Gasteiger charge is 2.31. The van der Waals surface area contributed by atoms with E-state index in [2.05, 4.69) is 0 Å². The molecule has 10 heteroatoms. The number of urea groups is 1. The number of nitrogens with one attached hydrogen (secondary N) is 1. The molecule has 158 valence electrons. The quantitative estimate of drug-likeness (QED) is 0.810. The van der Waals surface area contributed by atoms with Gasteiger partial charge in [0.05, 0.1) is 0 Å². The Kier molecular flexibility index (Phi) is 5.63. The van der Waals surface area contributed by atoms with Crippen molar-refractivity contribution in [2.75, 3.05) is 42.5 Å². The molecule has 2 heterocycles. The average molecular weight is 410 g/mol. The number of halogens is 2. The van der Waals surface area contributed by atoms with Gasteiger partial charge in [-0.2, -0.15) is 0 Å². The van der Waals surface area contributed by atoms with Crippen LogP contribution in [0.1, 0.15) is 27.2 Å². The Bertz CT molecular complexity index is 809. The Labute approximate surface area is 167 Å². The maximum atomic E-state index is 14.7. The van der Waals surface area contributed by atoms with Crippen LogP contribution in [0.25, 0.3) is 0 Å². The molecule has 0 saturated carbocycles. The predicted octanol–water partition coefficient (Wildman–Crippen LogP) is 2.47. The van der Waals surface area contributed by atoms with E-state index in [0.29, 0.717) is 31.9 Å². The largest absolute Gasteiger partial charge is 0.444 e. The smallest absolute Gasteiger partial charge is 0.410 e. The molecule has 1 N–H and O–H groups in total. The number of imide groups is 1. The number of hydrogen-bond acceptors (Lipinski definition) is 5. The molecule has 0 aliphatic carbocycles. The molecule has 3 rings (SSSR count). The van der Waals surface area contributed by atoms with Gasteiger partial charge in [-0.25, -0.2) is 18.4 Å². The lowest BCUT2D eigenvalue weighted by Gasteiger charge is -2.37. The van der Waals surface area contributed by atoms with Crippen LogP contribution < -0.4 is 15.1 Å². The Hall–Kier alpha value is -2.91. The highest BCUT2D eigenvalue weighted by Crippen LogP contribution is 2.30. The van der Waals surface area contributed by atoms with Crippen LogP contribution in [0.15, 0.2) is 12.1 Å². The van der Waals surface area contributed by atoms with Gasteiger partial charge in [0.25, 0.3) is 0 Å². The highest BCUT2D eigenvalue weighted by molar-refractivity contribution is 6.05. The van der Waals surface area contributed by atoms with E-state index in [-0.39, 0.29) is 13.0 Å². The van der Waals surface area contributed by atoms with Crippen molar-refractivity contribution < 1.29 is 27.9 Å². The molecule has 0 aromatic heterocycles. The maximum absolute atomic E-state index is 14.7. The van der Waals surface area contributed by atoms with Crippen molar-refractivity contribution >= 4 is 29.4 Å².